The van der Waals surface area contributed by atoms with Crippen molar-refractivity contribution < 1.29 is 19.1 Å². The average Bonchev–Trinajstić information content (AvgIpc) is 3.58. The lowest BCUT2D eigenvalue weighted by atomic mass is 9.99. The lowest BCUT2D eigenvalue weighted by Gasteiger charge is -2.15. The van der Waals surface area contributed by atoms with E-state index >= 15 is 0 Å². The summed E-state index contributed by atoms with van der Waals surface area (Å²) < 4.78 is 13.2. The summed E-state index contributed by atoms with van der Waals surface area (Å²) in [5.74, 6) is 1.43. The number of benzene rings is 2. The van der Waals surface area contributed by atoms with Crippen LogP contribution in [0.25, 0.3) is 11.4 Å². The molecule has 0 spiro atoms. The maximum atomic E-state index is 13.0. The van der Waals surface area contributed by atoms with Crippen LogP contribution in [0.4, 0.5) is 5.69 Å². The molecule has 3 heterocycles. The van der Waals surface area contributed by atoms with Crippen molar-refractivity contribution >= 4 is 29.1 Å². The van der Waals surface area contributed by atoms with Gasteiger partial charge in [-0.2, -0.15) is 0 Å². The molecule has 3 aromatic rings. The number of carbonyl (C=O) groups is 2. The number of nitrogens with one attached hydrogen (secondary N) is 1. The molecule has 5 rings (SSSR count). The smallest absolute Gasteiger partial charge is 0.231 e. The number of rotatable bonds is 8. The molecule has 1 fully saturated rings. The van der Waals surface area contributed by atoms with Gasteiger partial charge in [-0.15, -0.1) is 10.2 Å². The van der Waals surface area contributed by atoms with Gasteiger partial charge in [-0.1, -0.05) is 11.8 Å². The molecular formula is C25H26N4O4S. The van der Waals surface area contributed by atoms with E-state index < -0.39 is 0 Å². The van der Waals surface area contributed by atoms with Crippen LogP contribution in [0, 0.1) is 0 Å². The van der Waals surface area contributed by atoms with Crippen molar-refractivity contribution in [1.29, 1.82) is 0 Å². The number of methoxy groups -OCH3 is 1. The fraction of sp³-hybridized carbons (Fsp3) is 0.360. The number of ketones is 1. The molecule has 34 heavy (non-hydrogen) atoms. The van der Waals surface area contributed by atoms with Gasteiger partial charge < -0.3 is 14.8 Å². The molecule has 0 saturated carbocycles. The number of thioether (sulfide) groups is 1. The zero-order valence-electron chi connectivity index (χ0n) is 19.1. The summed E-state index contributed by atoms with van der Waals surface area (Å²) in [5.41, 5.74) is 3.16. The van der Waals surface area contributed by atoms with Crippen LogP contribution < -0.4 is 10.1 Å². The minimum Gasteiger partial charge on any atom is -0.497 e. The quantitative estimate of drug-likeness (QED) is 0.384. The molecule has 1 aromatic heterocycles. The number of fused-ring (bicyclic) bond motifs is 1. The van der Waals surface area contributed by atoms with Gasteiger partial charge in [0, 0.05) is 23.4 Å². The Morgan fingerprint density at radius 1 is 1.24 bits per heavy atom. The number of carbonyl (C=O) groups excluding carboxylic acids is 2. The van der Waals surface area contributed by atoms with E-state index in [0.29, 0.717) is 17.3 Å². The largest absolute Gasteiger partial charge is 0.497 e. The Labute approximate surface area is 202 Å². The summed E-state index contributed by atoms with van der Waals surface area (Å²) in [6, 6.07) is 13.1. The van der Waals surface area contributed by atoms with Gasteiger partial charge in [0.25, 0.3) is 0 Å². The van der Waals surface area contributed by atoms with Gasteiger partial charge >= 0.3 is 0 Å². The Morgan fingerprint density at radius 3 is 2.79 bits per heavy atom. The number of Topliss-reactive ketones (excluding diaryl/α,β-unsaturated/α-hetero) is 1. The lowest BCUT2D eigenvalue weighted by Crippen LogP contribution is -2.17. The second-order valence-corrected chi connectivity index (χ2v) is 9.45. The van der Waals surface area contributed by atoms with E-state index in [-0.39, 0.29) is 29.5 Å². The van der Waals surface area contributed by atoms with Crippen LogP contribution in [0.1, 0.15) is 41.6 Å². The standard InChI is InChI=1S/C25H26N4O4S/c1-15-20-12-17(7-10-21(20)26-24(15)31)22(30)14-34-25-28-27-23(16-5-8-18(32-2)9-6-16)29(25)13-19-4-3-11-33-19/h5-10,12,15,19H,3-4,11,13-14H2,1-2H3,(H,26,31). The van der Waals surface area contributed by atoms with E-state index in [0.717, 1.165) is 47.8 Å². The predicted molar refractivity (Wildman–Crippen MR) is 130 cm³/mol. The Balaban J connectivity index is 1.36. The summed E-state index contributed by atoms with van der Waals surface area (Å²) in [7, 11) is 1.64. The third kappa shape index (κ3) is 4.45. The predicted octanol–water partition coefficient (Wildman–Crippen LogP) is 4.16. The number of ether oxygens (including phenoxy) is 2. The average molecular weight is 479 g/mol. The number of amides is 1. The molecule has 0 bridgehead atoms. The Hall–Kier alpha value is -3.17. The van der Waals surface area contributed by atoms with E-state index in [4.69, 9.17) is 9.47 Å². The Kier molecular flexibility index (Phi) is 6.38. The van der Waals surface area contributed by atoms with Crippen molar-refractivity contribution in [2.75, 3.05) is 24.8 Å². The first-order valence-corrected chi connectivity index (χ1v) is 12.3. The highest BCUT2D eigenvalue weighted by molar-refractivity contribution is 7.99. The molecule has 1 N–H and O–H groups in total. The van der Waals surface area contributed by atoms with Crippen LogP contribution in [-0.4, -0.2) is 52.0 Å². The molecule has 2 unspecified atom stereocenters. The van der Waals surface area contributed by atoms with Crippen molar-refractivity contribution in [3.05, 3.63) is 53.6 Å². The molecular weight excluding hydrogens is 452 g/mol. The van der Waals surface area contributed by atoms with E-state index in [1.807, 2.05) is 41.8 Å². The molecule has 0 radical (unpaired) electrons. The highest BCUT2D eigenvalue weighted by Gasteiger charge is 2.27. The fourth-order valence-corrected chi connectivity index (χ4v) is 5.15. The molecule has 9 heteroatoms. The van der Waals surface area contributed by atoms with Crippen LogP contribution in [0.2, 0.25) is 0 Å². The molecule has 1 saturated heterocycles. The highest BCUT2D eigenvalue weighted by atomic mass is 32.2. The summed E-state index contributed by atoms with van der Waals surface area (Å²) in [6.07, 6.45) is 2.13. The van der Waals surface area contributed by atoms with Crippen LogP contribution in [-0.2, 0) is 16.1 Å². The first kappa shape index (κ1) is 22.6. The van der Waals surface area contributed by atoms with E-state index in [1.165, 1.54) is 11.8 Å². The van der Waals surface area contributed by atoms with Gasteiger partial charge in [0.15, 0.2) is 16.8 Å². The summed E-state index contributed by atoms with van der Waals surface area (Å²) in [5, 5.41) is 12.4. The first-order chi connectivity index (χ1) is 16.5. The topological polar surface area (TPSA) is 95.3 Å². The number of aromatic nitrogens is 3. The van der Waals surface area contributed by atoms with Crippen molar-refractivity contribution in [2.24, 2.45) is 0 Å². The summed E-state index contributed by atoms with van der Waals surface area (Å²) in [4.78, 5) is 24.9. The third-order valence-electron chi connectivity index (χ3n) is 6.30. The number of hydrogen-bond donors (Lipinski definition) is 1. The maximum absolute atomic E-state index is 13.0. The number of anilines is 1. The van der Waals surface area contributed by atoms with Crippen molar-refractivity contribution in [2.45, 2.75) is 43.5 Å². The Morgan fingerprint density at radius 2 is 2.06 bits per heavy atom. The SMILES string of the molecule is COc1ccc(-c2nnc(SCC(=O)c3ccc4c(c3)C(C)C(=O)N4)n2CC2CCCO2)cc1. The van der Waals surface area contributed by atoms with Gasteiger partial charge in [0.1, 0.15) is 5.75 Å². The van der Waals surface area contributed by atoms with Crippen molar-refractivity contribution in [3.8, 4) is 17.1 Å². The minimum absolute atomic E-state index is 0.0167. The molecule has 2 atom stereocenters. The molecule has 0 aliphatic carbocycles. The van der Waals surface area contributed by atoms with Gasteiger partial charge in [0.05, 0.1) is 31.4 Å². The van der Waals surface area contributed by atoms with E-state index in [9.17, 15) is 9.59 Å². The summed E-state index contributed by atoms with van der Waals surface area (Å²) in [6.45, 7) is 3.24. The zero-order chi connectivity index (χ0) is 23.7. The second kappa shape index (κ2) is 9.60. The lowest BCUT2D eigenvalue weighted by molar-refractivity contribution is -0.116. The van der Waals surface area contributed by atoms with Crippen molar-refractivity contribution in [3.63, 3.8) is 0 Å². The van der Waals surface area contributed by atoms with Gasteiger partial charge in [0.2, 0.25) is 5.91 Å². The molecule has 2 aliphatic heterocycles. The first-order valence-electron chi connectivity index (χ1n) is 11.3. The monoisotopic (exact) mass is 478 g/mol. The zero-order valence-corrected chi connectivity index (χ0v) is 19.9. The van der Waals surface area contributed by atoms with E-state index in [1.54, 1.807) is 19.2 Å². The molecule has 1 amide bonds. The van der Waals surface area contributed by atoms with Gasteiger partial charge in [-0.05, 0) is 67.8 Å². The van der Waals surface area contributed by atoms with Crippen LogP contribution in [0.3, 0.4) is 0 Å². The fourth-order valence-electron chi connectivity index (χ4n) is 4.31. The molecule has 176 valence electrons. The minimum atomic E-state index is -0.253. The highest BCUT2D eigenvalue weighted by Crippen LogP contribution is 2.33. The molecule has 2 aliphatic rings. The third-order valence-corrected chi connectivity index (χ3v) is 7.27. The van der Waals surface area contributed by atoms with Crippen LogP contribution in [0.5, 0.6) is 5.75 Å². The normalized spacial score (nSPS) is 19.2. The van der Waals surface area contributed by atoms with Crippen LogP contribution in [0.15, 0.2) is 47.6 Å². The summed E-state index contributed by atoms with van der Waals surface area (Å²) >= 11 is 1.37. The molecule has 8 nitrogen and oxygen atoms in total. The van der Waals surface area contributed by atoms with Gasteiger partial charge in [-0.3, -0.25) is 14.2 Å². The molecule has 2 aromatic carbocycles. The second-order valence-electron chi connectivity index (χ2n) is 8.51. The maximum Gasteiger partial charge on any atom is 0.231 e. The van der Waals surface area contributed by atoms with E-state index in [2.05, 4.69) is 15.5 Å². The number of nitrogens with zero attached hydrogens (tertiary/aromatic N) is 3. The number of hydrogen-bond acceptors (Lipinski definition) is 7. The van der Waals surface area contributed by atoms with Crippen molar-refractivity contribution in [1.82, 2.24) is 14.8 Å². The Bertz CT molecular complexity index is 1220. The van der Waals surface area contributed by atoms with Gasteiger partial charge in [-0.25, -0.2) is 0 Å². The van der Waals surface area contributed by atoms with Crippen LogP contribution >= 0.6 is 11.8 Å².